The van der Waals surface area contributed by atoms with Crippen LogP contribution in [0.2, 0.25) is 0 Å². The van der Waals surface area contributed by atoms with Gasteiger partial charge < -0.3 is 10.5 Å². The molecule has 3 heterocycles. The van der Waals surface area contributed by atoms with Crippen molar-refractivity contribution >= 4 is 0 Å². The Morgan fingerprint density at radius 1 is 1.23 bits per heavy atom. The van der Waals surface area contributed by atoms with Gasteiger partial charge in [-0.15, -0.1) is 0 Å². The molecule has 2 N–H and O–H groups in total. The van der Waals surface area contributed by atoms with Crippen LogP contribution >= 0.6 is 0 Å². The Morgan fingerprint density at radius 3 is 2.73 bits per heavy atom. The van der Waals surface area contributed by atoms with Crippen molar-refractivity contribution in [3.05, 3.63) is 71.3 Å². The van der Waals surface area contributed by atoms with Gasteiger partial charge in [-0.05, 0) is 18.1 Å². The fourth-order valence-electron chi connectivity index (χ4n) is 3.35. The molecule has 4 rings (SSSR count). The molecule has 1 unspecified atom stereocenters. The lowest BCUT2D eigenvalue weighted by Gasteiger charge is -2.24. The Labute approximate surface area is 150 Å². The predicted molar refractivity (Wildman–Crippen MR) is 94.7 cm³/mol. The van der Waals surface area contributed by atoms with Gasteiger partial charge in [0.2, 0.25) is 11.8 Å². The van der Waals surface area contributed by atoms with Crippen LogP contribution in [0.3, 0.4) is 0 Å². The van der Waals surface area contributed by atoms with Crippen molar-refractivity contribution < 1.29 is 4.74 Å². The van der Waals surface area contributed by atoms with Gasteiger partial charge in [-0.2, -0.15) is 10.4 Å². The maximum atomic E-state index is 9.69. The van der Waals surface area contributed by atoms with Gasteiger partial charge in [0.05, 0.1) is 17.2 Å². The largest absolute Gasteiger partial charge is 0.422 e. The summed E-state index contributed by atoms with van der Waals surface area (Å²) in [5.41, 5.74) is 10.9. The summed E-state index contributed by atoms with van der Waals surface area (Å²) in [6, 6.07) is 10.1. The normalized spacial score (nSPS) is 16.0. The fraction of sp³-hybridized carbons (Fsp3) is 0.158. The molecule has 0 radical (unpaired) electrons. The van der Waals surface area contributed by atoms with Gasteiger partial charge in [0.25, 0.3) is 0 Å². The molecule has 0 bridgehead atoms. The number of aryl methyl sites for hydroxylation is 2. The molecular weight excluding hydrogens is 328 g/mol. The molecule has 1 aliphatic heterocycles. The molecule has 26 heavy (non-hydrogen) atoms. The van der Waals surface area contributed by atoms with E-state index in [0.29, 0.717) is 11.5 Å². The number of allylic oxidation sites excluding steroid dienone is 1. The summed E-state index contributed by atoms with van der Waals surface area (Å²) in [6.45, 7) is 1.90. The summed E-state index contributed by atoms with van der Waals surface area (Å²) in [6.07, 6.45) is 5.01. The molecule has 1 aromatic carbocycles. The molecule has 0 amide bonds. The van der Waals surface area contributed by atoms with Gasteiger partial charge in [0, 0.05) is 25.0 Å². The maximum absolute atomic E-state index is 9.69. The van der Waals surface area contributed by atoms with Crippen LogP contribution in [0.5, 0.6) is 5.88 Å². The second-order valence-corrected chi connectivity index (χ2v) is 6.11. The predicted octanol–water partition coefficient (Wildman–Crippen LogP) is 2.40. The number of rotatable bonds is 2. The molecule has 0 fully saturated rings. The van der Waals surface area contributed by atoms with Gasteiger partial charge in [-0.3, -0.25) is 0 Å². The molecule has 0 spiro atoms. The van der Waals surface area contributed by atoms with Crippen LogP contribution in [-0.4, -0.2) is 19.7 Å². The second kappa shape index (κ2) is 6.01. The third-order valence-electron chi connectivity index (χ3n) is 4.50. The molecule has 3 aromatic rings. The number of nitrogens with zero attached hydrogens (tertiary/aromatic N) is 5. The number of nitriles is 1. The lowest BCUT2D eigenvalue weighted by atomic mass is 9.83. The summed E-state index contributed by atoms with van der Waals surface area (Å²) >= 11 is 0. The van der Waals surface area contributed by atoms with Crippen molar-refractivity contribution in [2.75, 3.05) is 0 Å². The van der Waals surface area contributed by atoms with E-state index in [0.717, 1.165) is 27.9 Å². The van der Waals surface area contributed by atoms with E-state index < -0.39 is 0 Å². The first kappa shape index (κ1) is 15.8. The lowest BCUT2D eigenvalue weighted by Crippen LogP contribution is -2.21. The van der Waals surface area contributed by atoms with Crippen molar-refractivity contribution in [1.82, 2.24) is 19.7 Å². The van der Waals surface area contributed by atoms with Crippen molar-refractivity contribution in [1.29, 1.82) is 5.26 Å². The molecule has 0 saturated carbocycles. The standard InChI is InChI=1S/C19H16N6O/c1-11-16-17(15(7-20)18(21)26-19(16)25(2)24-11)13-5-3-4-12(6-13)14-8-22-10-23-9-14/h3-6,8-10,17H,21H2,1-2H3. The van der Waals surface area contributed by atoms with Crippen LogP contribution in [0.4, 0.5) is 0 Å². The molecule has 1 aliphatic rings. The number of aromatic nitrogens is 4. The number of benzene rings is 1. The Hall–Kier alpha value is -3.66. The Morgan fingerprint density at radius 2 is 2.00 bits per heavy atom. The highest BCUT2D eigenvalue weighted by Gasteiger charge is 2.35. The minimum atomic E-state index is -0.331. The molecule has 128 valence electrons. The van der Waals surface area contributed by atoms with Gasteiger partial charge in [0.1, 0.15) is 18.0 Å². The van der Waals surface area contributed by atoms with Gasteiger partial charge in [-0.25, -0.2) is 14.6 Å². The number of ether oxygens (including phenoxy) is 1. The number of hydrogen-bond donors (Lipinski definition) is 1. The topological polar surface area (TPSA) is 103 Å². The second-order valence-electron chi connectivity index (χ2n) is 6.11. The van der Waals surface area contributed by atoms with Gasteiger partial charge in [-0.1, -0.05) is 24.3 Å². The smallest absolute Gasteiger partial charge is 0.224 e. The Bertz CT molecular complexity index is 1060. The van der Waals surface area contributed by atoms with Gasteiger partial charge in [0.15, 0.2) is 0 Å². The molecule has 0 aliphatic carbocycles. The van der Waals surface area contributed by atoms with Crippen molar-refractivity contribution in [2.45, 2.75) is 12.8 Å². The van der Waals surface area contributed by atoms with E-state index in [-0.39, 0.29) is 11.8 Å². The molecule has 0 saturated heterocycles. The van der Waals surface area contributed by atoms with Crippen LogP contribution in [-0.2, 0) is 7.05 Å². The third-order valence-corrected chi connectivity index (χ3v) is 4.50. The summed E-state index contributed by atoms with van der Waals surface area (Å²) in [5, 5.41) is 14.1. The van der Waals surface area contributed by atoms with Crippen LogP contribution in [0.25, 0.3) is 11.1 Å². The summed E-state index contributed by atoms with van der Waals surface area (Å²) in [4.78, 5) is 8.15. The average Bonchev–Trinajstić information content (AvgIpc) is 2.95. The highest BCUT2D eigenvalue weighted by atomic mass is 16.5. The molecule has 7 heteroatoms. The summed E-state index contributed by atoms with van der Waals surface area (Å²) < 4.78 is 7.32. The fourth-order valence-corrected chi connectivity index (χ4v) is 3.35. The zero-order valence-electron chi connectivity index (χ0n) is 14.3. The summed E-state index contributed by atoms with van der Waals surface area (Å²) in [5.74, 6) is 0.348. The van der Waals surface area contributed by atoms with Crippen LogP contribution in [0.15, 0.2) is 54.4 Å². The van der Waals surface area contributed by atoms with Crippen LogP contribution < -0.4 is 10.5 Å². The zero-order chi connectivity index (χ0) is 18.3. The van der Waals surface area contributed by atoms with Gasteiger partial charge >= 0.3 is 0 Å². The number of hydrogen-bond acceptors (Lipinski definition) is 6. The van der Waals surface area contributed by atoms with Crippen molar-refractivity contribution in [3.8, 4) is 23.1 Å². The number of fused-ring (bicyclic) bond motifs is 1. The van der Waals surface area contributed by atoms with E-state index in [9.17, 15) is 5.26 Å². The molecule has 2 aromatic heterocycles. The highest BCUT2D eigenvalue weighted by Crippen LogP contribution is 2.44. The van der Waals surface area contributed by atoms with E-state index >= 15 is 0 Å². The zero-order valence-corrected chi connectivity index (χ0v) is 14.3. The number of nitrogens with two attached hydrogens (primary N) is 1. The Kier molecular flexibility index (Phi) is 3.66. The Balaban J connectivity index is 1.91. The minimum Gasteiger partial charge on any atom is -0.422 e. The minimum absolute atomic E-state index is 0.112. The van der Waals surface area contributed by atoms with E-state index in [4.69, 9.17) is 10.5 Å². The monoisotopic (exact) mass is 344 g/mol. The SMILES string of the molecule is Cc1nn(C)c2c1C(c1cccc(-c3cncnc3)c1)C(C#N)=C(N)O2. The molecular formula is C19H16N6O. The quantitative estimate of drug-likeness (QED) is 0.766. The van der Waals surface area contributed by atoms with E-state index in [1.165, 1.54) is 6.33 Å². The first-order valence-electron chi connectivity index (χ1n) is 8.06. The summed E-state index contributed by atoms with van der Waals surface area (Å²) in [7, 11) is 1.80. The lowest BCUT2D eigenvalue weighted by molar-refractivity contribution is 0.358. The molecule has 7 nitrogen and oxygen atoms in total. The van der Waals surface area contributed by atoms with Crippen LogP contribution in [0, 0.1) is 18.3 Å². The third kappa shape index (κ3) is 2.40. The first-order chi connectivity index (χ1) is 12.6. The average molecular weight is 344 g/mol. The van der Waals surface area contributed by atoms with E-state index in [1.54, 1.807) is 24.1 Å². The first-order valence-corrected chi connectivity index (χ1v) is 8.06. The van der Waals surface area contributed by atoms with E-state index in [2.05, 4.69) is 21.1 Å². The van der Waals surface area contributed by atoms with Crippen LogP contribution in [0.1, 0.15) is 22.7 Å². The molecule has 1 atom stereocenters. The highest BCUT2D eigenvalue weighted by molar-refractivity contribution is 5.65. The van der Waals surface area contributed by atoms with Crippen molar-refractivity contribution in [2.24, 2.45) is 12.8 Å². The maximum Gasteiger partial charge on any atom is 0.224 e. The van der Waals surface area contributed by atoms with E-state index in [1.807, 2.05) is 31.2 Å². The van der Waals surface area contributed by atoms with Crippen molar-refractivity contribution in [3.63, 3.8) is 0 Å².